The highest BCUT2D eigenvalue weighted by Gasteiger charge is 2.13. The van der Waals surface area contributed by atoms with Crippen LogP contribution in [0.4, 0.5) is 0 Å². The molecule has 0 radical (unpaired) electrons. The molecule has 1 unspecified atom stereocenters. The third-order valence-electron chi connectivity index (χ3n) is 3.26. The van der Waals surface area contributed by atoms with Gasteiger partial charge in [-0.1, -0.05) is 11.6 Å². The molecule has 2 N–H and O–H groups in total. The second-order valence-corrected chi connectivity index (χ2v) is 6.04. The minimum atomic E-state index is 0.432. The van der Waals surface area contributed by atoms with Crippen molar-refractivity contribution in [2.45, 2.75) is 25.6 Å². The van der Waals surface area contributed by atoms with Gasteiger partial charge in [-0.15, -0.1) is 11.3 Å². The van der Waals surface area contributed by atoms with Crippen molar-refractivity contribution < 1.29 is 0 Å². The van der Waals surface area contributed by atoms with Gasteiger partial charge >= 0.3 is 0 Å². The van der Waals surface area contributed by atoms with Crippen molar-refractivity contribution in [1.82, 2.24) is 15.6 Å². The molecule has 0 amide bonds. The molecule has 2 aromatic heterocycles. The molecule has 0 saturated carbocycles. The lowest BCUT2D eigenvalue weighted by Crippen LogP contribution is -2.36. The number of nitrogens with zero attached hydrogens (tertiary/aromatic N) is 1. The first-order chi connectivity index (χ1) is 9.31. The zero-order chi connectivity index (χ0) is 13.1. The van der Waals surface area contributed by atoms with Crippen LogP contribution >= 0.6 is 22.9 Å². The molecular formula is C14H16ClN3S. The third-order valence-corrected chi connectivity index (χ3v) is 4.59. The maximum absolute atomic E-state index is 5.97. The van der Waals surface area contributed by atoms with Gasteiger partial charge < -0.3 is 5.32 Å². The van der Waals surface area contributed by atoms with Crippen molar-refractivity contribution in [2.24, 2.45) is 0 Å². The smallest absolute Gasteiger partial charge is 0.0575 e. The molecule has 1 saturated heterocycles. The molecule has 19 heavy (non-hydrogen) atoms. The molecule has 0 aliphatic carbocycles. The number of halogens is 1. The standard InChI is InChI=1S/C14H16ClN3S/c15-11-7-13(19-9-11)10-3-5-16-12(6-10)8-18-14-2-1-4-17-14/h3,5-7,9,14,17-18H,1-2,4,8H2. The topological polar surface area (TPSA) is 37.0 Å². The average Bonchev–Trinajstić information content (AvgIpc) is 3.08. The maximum Gasteiger partial charge on any atom is 0.0575 e. The molecule has 3 heterocycles. The van der Waals surface area contributed by atoms with Crippen molar-refractivity contribution in [1.29, 1.82) is 0 Å². The number of hydrogen-bond acceptors (Lipinski definition) is 4. The van der Waals surface area contributed by atoms with Gasteiger partial charge in [0, 0.05) is 23.0 Å². The minimum Gasteiger partial charge on any atom is -0.302 e. The number of rotatable bonds is 4. The Labute approximate surface area is 122 Å². The van der Waals surface area contributed by atoms with E-state index in [4.69, 9.17) is 11.6 Å². The maximum atomic E-state index is 5.97. The molecule has 5 heteroatoms. The Kier molecular flexibility index (Phi) is 4.13. The summed E-state index contributed by atoms with van der Waals surface area (Å²) in [5.41, 5.74) is 2.25. The second-order valence-electron chi connectivity index (χ2n) is 4.69. The van der Waals surface area contributed by atoms with Crippen molar-refractivity contribution >= 4 is 22.9 Å². The van der Waals surface area contributed by atoms with E-state index in [1.807, 2.05) is 23.7 Å². The quantitative estimate of drug-likeness (QED) is 0.908. The summed E-state index contributed by atoms with van der Waals surface area (Å²) in [5.74, 6) is 0. The van der Waals surface area contributed by atoms with Crippen LogP contribution in [0.1, 0.15) is 18.5 Å². The second kappa shape index (κ2) is 6.01. The van der Waals surface area contributed by atoms with Crippen LogP contribution in [0.3, 0.4) is 0 Å². The van der Waals surface area contributed by atoms with E-state index in [9.17, 15) is 0 Å². The van der Waals surface area contributed by atoms with Crippen LogP contribution in [0.25, 0.3) is 10.4 Å². The lowest BCUT2D eigenvalue weighted by Gasteiger charge is -2.12. The summed E-state index contributed by atoms with van der Waals surface area (Å²) >= 11 is 7.63. The van der Waals surface area contributed by atoms with Crippen molar-refractivity contribution in [2.75, 3.05) is 6.54 Å². The molecule has 1 atom stereocenters. The van der Waals surface area contributed by atoms with E-state index >= 15 is 0 Å². The summed E-state index contributed by atoms with van der Waals surface area (Å²) in [5, 5.41) is 9.66. The van der Waals surface area contributed by atoms with Gasteiger partial charge in [0.15, 0.2) is 0 Å². The van der Waals surface area contributed by atoms with Gasteiger partial charge in [0.2, 0.25) is 0 Å². The first-order valence-electron chi connectivity index (χ1n) is 6.47. The van der Waals surface area contributed by atoms with Crippen molar-refractivity contribution in [3.63, 3.8) is 0 Å². The average molecular weight is 294 g/mol. The molecule has 0 bridgehead atoms. The highest BCUT2D eigenvalue weighted by atomic mass is 35.5. The number of aromatic nitrogens is 1. The third kappa shape index (κ3) is 3.34. The Morgan fingerprint density at radius 2 is 2.42 bits per heavy atom. The Morgan fingerprint density at radius 1 is 1.47 bits per heavy atom. The number of pyridine rings is 1. The van der Waals surface area contributed by atoms with Crippen LogP contribution in [0.15, 0.2) is 29.8 Å². The molecule has 100 valence electrons. The molecule has 1 fully saturated rings. The summed E-state index contributed by atoms with van der Waals surface area (Å²) in [4.78, 5) is 5.60. The number of nitrogens with one attached hydrogen (secondary N) is 2. The summed E-state index contributed by atoms with van der Waals surface area (Å²) < 4.78 is 0. The van der Waals surface area contributed by atoms with E-state index in [0.29, 0.717) is 6.17 Å². The molecule has 1 aliphatic heterocycles. The largest absolute Gasteiger partial charge is 0.302 e. The van der Waals surface area contributed by atoms with E-state index < -0.39 is 0 Å². The molecular weight excluding hydrogens is 278 g/mol. The van der Waals surface area contributed by atoms with E-state index in [1.165, 1.54) is 23.3 Å². The SMILES string of the molecule is Clc1csc(-c2ccnc(CNC3CCCN3)c2)c1. The van der Waals surface area contributed by atoms with E-state index in [2.05, 4.69) is 21.7 Å². The fraction of sp³-hybridized carbons (Fsp3) is 0.357. The van der Waals surface area contributed by atoms with Crippen molar-refractivity contribution in [3.05, 3.63) is 40.5 Å². The van der Waals surface area contributed by atoms with Crippen LogP contribution < -0.4 is 10.6 Å². The van der Waals surface area contributed by atoms with Gasteiger partial charge in [-0.05, 0) is 43.1 Å². The molecule has 0 spiro atoms. The first kappa shape index (κ1) is 13.1. The Morgan fingerprint density at radius 3 is 3.16 bits per heavy atom. The highest BCUT2D eigenvalue weighted by Crippen LogP contribution is 2.29. The van der Waals surface area contributed by atoms with Crippen LogP contribution in [0.2, 0.25) is 5.02 Å². The minimum absolute atomic E-state index is 0.432. The fourth-order valence-corrected chi connectivity index (χ4v) is 3.35. The van der Waals surface area contributed by atoms with Gasteiger partial charge in [-0.25, -0.2) is 0 Å². The number of thiophene rings is 1. The Hall–Kier alpha value is -0.940. The summed E-state index contributed by atoms with van der Waals surface area (Å²) in [6.45, 7) is 1.91. The highest BCUT2D eigenvalue weighted by molar-refractivity contribution is 7.14. The van der Waals surface area contributed by atoms with Gasteiger partial charge in [-0.2, -0.15) is 0 Å². The molecule has 1 aliphatic rings. The molecule has 2 aromatic rings. The lowest BCUT2D eigenvalue weighted by atomic mass is 10.2. The summed E-state index contributed by atoms with van der Waals surface area (Å²) in [7, 11) is 0. The van der Waals surface area contributed by atoms with E-state index in [1.54, 1.807) is 11.3 Å². The summed E-state index contributed by atoms with van der Waals surface area (Å²) in [6, 6.07) is 6.15. The Bertz CT molecular complexity index is 549. The van der Waals surface area contributed by atoms with Gasteiger partial charge in [0.25, 0.3) is 0 Å². The van der Waals surface area contributed by atoms with E-state index in [-0.39, 0.29) is 0 Å². The fourth-order valence-electron chi connectivity index (χ4n) is 2.28. The lowest BCUT2D eigenvalue weighted by molar-refractivity contribution is 0.479. The predicted molar refractivity (Wildman–Crippen MR) is 80.4 cm³/mol. The zero-order valence-corrected chi connectivity index (χ0v) is 12.1. The van der Waals surface area contributed by atoms with Gasteiger partial charge in [0.05, 0.1) is 16.9 Å². The Balaban J connectivity index is 1.69. The molecule has 3 nitrogen and oxygen atoms in total. The molecule has 3 rings (SSSR count). The normalized spacial score (nSPS) is 18.9. The van der Waals surface area contributed by atoms with Crippen LogP contribution in [-0.4, -0.2) is 17.7 Å². The zero-order valence-electron chi connectivity index (χ0n) is 10.5. The first-order valence-corrected chi connectivity index (χ1v) is 7.73. The van der Waals surface area contributed by atoms with Crippen molar-refractivity contribution in [3.8, 4) is 10.4 Å². The van der Waals surface area contributed by atoms with E-state index in [0.717, 1.165) is 23.8 Å². The van der Waals surface area contributed by atoms with Gasteiger partial charge in [-0.3, -0.25) is 10.3 Å². The van der Waals surface area contributed by atoms with Gasteiger partial charge in [0.1, 0.15) is 0 Å². The van der Waals surface area contributed by atoms with Crippen LogP contribution in [0, 0.1) is 0 Å². The molecule has 0 aromatic carbocycles. The van der Waals surface area contributed by atoms with Crippen LogP contribution in [-0.2, 0) is 6.54 Å². The monoisotopic (exact) mass is 293 g/mol. The summed E-state index contributed by atoms with van der Waals surface area (Å²) in [6.07, 6.45) is 4.74. The number of hydrogen-bond donors (Lipinski definition) is 2. The predicted octanol–water partition coefficient (Wildman–Crippen LogP) is 3.26. The van der Waals surface area contributed by atoms with Crippen LogP contribution in [0.5, 0.6) is 0 Å².